The molecule has 1 rings (SSSR count). The van der Waals surface area contributed by atoms with E-state index in [1.807, 2.05) is 0 Å². The van der Waals surface area contributed by atoms with E-state index in [9.17, 15) is 18.0 Å². The van der Waals surface area contributed by atoms with Gasteiger partial charge >= 0.3 is 12.0 Å². The highest BCUT2D eigenvalue weighted by atomic mass is 32.2. The molecule has 18 heavy (non-hydrogen) atoms. The number of aromatic nitrogens is 1. The van der Waals surface area contributed by atoms with Gasteiger partial charge in [-0.05, 0) is 0 Å². The van der Waals surface area contributed by atoms with E-state index < -0.39 is 27.7 Å². The molecule has 0 atom stereocenters. The van der Waals surface area contributed by atoms with Crippen LogP contribution in [0.3, 0.4) is 0 Å². The van der Waals surface area contributed by atoms with Crippen LogP contribution in [0.4, 0.5) is 4.79 Å². The molecule has 1 aromatic rings. The zero-order valence-corrected chi connectivity index (χ0v) is 10.5. The van der Waals surface area contributed by atoms with Gasteiger partial charge in [0.2, 0.25) is 0 Å². The molecule has 9 nitrogen and oxygen atoms in total. The Bertz CT molecular complexity index is 552. The van der Waals surface area contributed by atoms with Crippen LogP contribution in [0.2, 0.25) is 0 Å². The lowest BCUT2D eigenvalue weighted by molar-refractivity contribution is 0.0687. The van der Waals surface area contributed by atoms with E-state index in [0.29, 0.717) is 11.3 Å². The number of rotatable bonds is 6. The van der Waals surface area contributed by atoms with E-state index in [2.05, 4.69) is 15.0 Å². The molecule has 0 unspecified atom stereocenters. The number of primary amides is 1. The number of hydrogen-bond acceptors (Lipinski definition) is 6. The molecule has 0 radical (unpaired) electrons. The summed E-state index contributed by atoms with van der Waals surface area (Å²) in [6.07, 6.45) is 0. The average molecular weight is 294 g/mol. The lowest BCUT2D eigenvalue weighted by atomic mass is 10.5. The summed E-state index contributed by atoms with van der Waals surface area (Å²) in [6.45, 7) is -0.113. The van der Waals surface area contributed by atoms with E-state index in [4.69, 9.17) is 10.8 Å². The molecule has 100 valence electrons. The minimum atomic E-state index is -3.96. The number of carbonyl (C=O) groups is 2. The lowest BCUT2D eigenvalue weighted by Gasteiger charge is -2.05. The molecule has 11 heteroatoms. The number of amides is 2. The van der Waals surface area contributed by atoms with Crippen molar-refractivity contribution < 1.29 is 23.1 Å². The van der Waals surface area contributed by atoms with Gasteiger partial charge in [-0.1, -0.05) is 0 Å². The fourth-order valence-electron chi connectivity index (χ4n) is 1.01. The monoisotopic (exact) mass is 294 g/mol. The molecular weight excluding hydrogens is 284 g/mol. The number of nitrogens with zero attached hydrogens (tertiary/aromatic N) is 1. The van der Waals surface area contributed by atoms with Gasteiger partial charge in [0, 0.05) is 13.1 Å². The molecule has 0 fully saturated rings. The molecule has 0 aliphatic rings. The van der Waals surface area contributed by atoms with Crippen LogP contribution in [0.1, 0.15) is 10.5 Å². The molecule has 0 saturated heterocycles. The number of carboxylic acids is 1. The summed E-state index contributed by atoms with van der Waals surface area (Å²) in [5.74, 6) is -1.42. The van der Waals surface area contributed by atoms with Gasteiger partial charge in [-0.25, -0.2) is 27.7 Å². The summed E-state index contributed by atoms with van der Waals surface area (Å²) < 4.78 is 25.2. The van der Waals surface area contributed by atoms with Crippen LogP contribution < -0.4 is 15.8 Å². The second-order valence-corrected chi connectivity index (χ2v) is 5.80. The van der Waals surface area contributed by atoms with Gasteiger partial charge in [-0.3, -0.25) is 0 Å². The third kappa shape index (κ3) is 3.65. The Hall–Kier alpha value is -1.72. The summed E-state index contributed by atoms with van der Waals surface area (Å²) in [5, 5.41) is 10.9. The quantitative estimate of drug-likeness (QED) is 0.483. The number of urea groups is 1. The normalized spacial score (nSPS) is 11.1. The number of sulfonamides is 1. The predicted octanol–water partition coefficient (Wildman–Crippen LogP) is -1.21. The Balaban J connectivity index is 2.72. The molecule has 5 N–H and O–H groups in total. The highest BCUT2D eigenvalue weighted by molar-refractivity contribution is 7.91. The van der Waals surface area contributed by atoms with Crippen LogP contribution in [-0.4, -0.2) is 43.6 Å². The maximum absolute atomic E-state index is 11.7. The second-order valence-electron chi connectivity index (χ2n) is 2.98. The topological polar surface area (TPSA) is 151 Å². The van der Waals surface area contributed by atoms with Gasteiger partial charge in [-0.2, -0.15) is 0 Å². The summed E-state index contributed by atoms with van der Waals surface area (Å²) in [7, 11) is -3.96. The summed E-state index contributed by atoms with van der Waals surface area (Å²) in [5.41, 5.74) is 5.38. The fourth-order valence-corrected chi connectivity index (χ4v) is 3.22. The zero-order valence-electron chi connectivity index (χ0n) is 8.91. The molecule has 1 aromatic heterocycles. The Kier molecular flexibility index (Phi) is 4.58. The molecule has 1 heterocycles. The number of carbonyl (C=O) groups excluding carboxylic acids is 1. The third-order valence-corrected chi connectivity index (χ3v) is 4.53. The van der Waals surface area contributed by atoms with Crippen molar-refractivity contribution in [1.82, 2.24) is 15.0 Å². The van der Waals surface area contributed by atoms with Gasteiger partial charge in [0.1, 0.15) is 0 Å². The minimum absolute atomic E-state index is 0.00419. The Morgan fingerprint density at radius 2 is 2.11 bits per heavy atom. The van der Waals surface area contributed by atoms with Crippen molar-refractivity contribution in [3.8, 4) is 0 Å². The van der Waals surface area contributed by atoms with Gasteiger partial charge in [-0.15, -0.1) is 11.3 Å². The van der Waals surface area contributed by atoms with Crippen molar-refractivity contribution in [3.05, 3.63) is 11.2 Å². The molecule has 0 aromatic carbocycles. The van der Waals surface area contributed by atoms with Crippen LogP contribution >= 0.6 is 11.3 Å². The van der Waals surface area contributed by atoms with E-state index in [1.165, 1.54) is 0 Å². The van der Waals surface area contributed by atoms with Gasteiger partial charge in [0.25, 0.3) is 10.0 Å². The second kappa shape index (κ2) is 5.75. The summed E-state index contributed by atoms with van der Waals surface area (Å²) in [4.78, 5) is 24.5. The largest absolute Gasteiger partial charge is 0.476 e. The van der Waals surface area contributed by atoms with E-state index in [-0.39, 0.29) is 17.3 Å². The van der Waals surface area contributed by atoms with Gasteiger partial charge < -0.3 is 16.2 Å². The maximum Gasteiger partial charge on any atom is 0.356 e. The van der Waals surface area contributed by atoms with Gasteiger partial charge in [0.05, 0.1) is 5.51 Å². The highest BCUT2D eigenvalue weighted by Crippen LogP contribution is 2.19. The third-order valence-electron chi connectivity index (χ3n) is 1.70. The lowest BCUT2D eigenvalue weighted by Crippen LogP contribution is -2.37. The van der Waals surface area contributed by atoms with Crippen molar-refractivity contribution in [2.24, 2.45) is 5.73 Å². The first-order chi connectivity index (χ1) is 8.34. The summed E-state index contributed by atoms with van der Waals surface area (Å²) in [6, 6.07) is -0.779. The van der Waals surface area contributed by atoms with E-state index in [0.717, 1.165) is 5.51 Å². The first-order valence-corrected chi connectivity index (χ1v) is 6.90. The number of nitrogens with one attached hydrogen (secondary N) is 2. The van der Waals surface area contributed by atoms with Crippen molar-refractivity contribution in [3.63, 3.8) is 0 Å². The Morgan fingerprint density at radius 1 is 1.44 bits per heavy atom. The molecule has 0 aliphatic carbocycles. The fraction of sp³-hybridized carbons (Fsp3) is 0.286. The smallest absolute Gasteiger partial charge is 0.356 e. The van der Waals surface area contributed by atoms with Gasteiger partial charge in [0.15, 0.2) is 9.90 Å². The number of thiazole rings is 1. The molecule has 0 bridgehead atoms. The number of hydrogen-bond donors (Lipinski definition) is 4. The molecular formula is C7H10N4O5S2. The predicted molar refractivity (Wildman–Crippen MR) is 61.8 cm³/mol. The first kappa shape index (κ1) is 14.3. The zero-order chi connectivity index (χ0) is 13.8. The van der Waals surface area contributed by atoms with Crippen LogP contribution in [0.5, 0.6) is 0 Å². The maximum atomic E-state index is 11.7. The number of aromatic carboxylic acids is 1. The molecule has 0 saturated carbocycles. The van der Waals surface area contributed by atoms with Crippen LogP contribution in [0, 0.1) is 0 Å². The van der Waals surface area contributed by atoms with Crippen LogP contribution in [0.25, 0.3) is 0 Å². The first-order valence-electron chi connectivity index (χ1n) is 4.54. The van der Waals surface area contributed by atoms with Crippen LogP contribution in [-0.2, 0) is 10.0 Å². The molecule has 2 amide bonds. The average Bonchev–Trinajstić information content (AvgIpc) is 2.73. The van der Waals surface area contributed by atoms with Crippen molar-refractivity contribution in [2.45, 2.75) is 4.21 Å². The molecule has 0 aliphatic heterocycles. The summed E-state index contributed by atoms with van der Waals surface area (Å²) >= 11 is 0.695. The van der Waals surface area contributed by atoms with Crippen molar-refractivity contribution in [1.29, 1.82) is 0 Å². The van der Waals surface area contributed by atoms with Crippen LogP contribution in [0.15, 0.2) is 9.72 Å². The van der Waals surface area contributed by atoms with E-state index >= 15 is 0 Å². The Labute approximate surface area is 106 Å². The number of carboxylic acid groups (broad SMARTS) is 1. The molecule has 0 spiro atoms. The minimum Gasteiger partial charge on any atom is -0.476 e. The van der Waals surface area contributed by atoms with E-state index in [1.54, 1.807) is 0 Å². The Morgan fingerprint density at radius 3 is 2.67 bits per heavy atom. The number of nitrogens with two attached hydrogens (primary N) is 1. The SMILES string of the molecule is NC(=O)NCCNS(=O)(=O)c1scnc1C(=O)O. The van der Waals surface area contributed by atoms with Crippen molar-refractivity contribution in [2.75, 3.05) is 13.1 Å². The highest BCUT2D eigenvalue weighted by Gasteiger charge is 2.25. The van der Waals surface area contributed by atoms with Crippen molar-refractivity contribution >= 4 is 33.4 Å². The standard InChI is InChI=1S/C7H10N4O5S2/c8-7(14)9-1-2-11-18(15,16)6-4(5(12)13)10-3-17-6/h3,11H,1-2H2,(H,12,13)(H3,8,9,14).